The van der Waals surface area contributed by atoms with Crippen LogP contribution in [0.25, 0.3) is 0 Å². The lowest BCUT2D eigenvalue weighted by Crippen LogP contribution is -2.77. The molecular weight excluding hydrogens is 1100 g/mol. The topological polar surface area (TPSA) is 9.72 Å². The van der Waals surface area contributed by atoms with Gasteiger partial charge in [0.15, 0.2) is 24.2 Å². The minimum absolute atomic E-state index is 1.18. The predicted octanol–water partition coefficient (Wildman–Crippen LogP) is 12.1. The Balaban J connectivity index is 1.05. The number of benzene rings is 13. The van der Waals surface area contributed by atoms with Gasteiger partial charge in [0.1, 0.15) is 0 Å². The number of nitrogens with zero attached hydrogens (tertiary/aromatic N) is 3. The highest BCUT2D eigenvalue weighted by atomic mass is 28.3. The number of hydrogen-bond donors (Lipinski definition) is 0. The third-order valence-corrected chi connectivity index (χ3v) is 33.9. The fraction of sp³-hybridized carbons (Fsp3) is 0.0370. The van der Waals surface area contributed by atoms with E-state index in [4.69, 9.17) is 0 Å². The van der Waals surface area contributed by atoms with Gasteiger partial charge in [0.05, 0.1) is 17.1 Å². The molecule has 16 rings (SSSR count). The quantitative estimate of drug-likeness (QED) is 0.133. The summed E-state index contributed by atoms with van der Waals surface area (Å²) in [5, 5.41) is 16.4. The van der Waals surface area contributed by atoms with Crippen molar-refractivity contribution in [1.29, 1.82) is 0 Å². The van der Waals surface area contributed by atoms with Crippen LogP contribution < -0.4 is 76.9 Å². The fourth-order valence-corrected chi connectivity index (χ4v) is 31.5. The molecule has 414 valence electrons. The first-order valence-electron chi connectivity index (χ1n) is 30.4. The standard InChI is InChI=1S/C81H63N3Si3/c1-58-79(82-67-46-22-28-52-73(67)85(61-34-10-4-11-35-61,62-36-12-5-13-37-62)74-53-29-23-47-68(74)82)59(2)81(84-71-50-26-32-56-77(71)87(65-42-18-8-19-43-65,66-44-20-9-21-45-66)78-57-33-27-51-72(78)84)60(3)80(58)83-69-48-24-30-54-75(69)86(63-38-14-6-15-39-63,64-40-16-7-17-41-64)76-55-31-25-49-70(76)83/h4-57H,1-3H3. The zero-order chi connectivity index (χ0) is 58.3. The molecule has 3 nitrogen and oxygen atoms in total. The van der Waals surface area contributed by atoms with Gasteiger partial charge in [0.2, 0.25) is 0 Å². The van der Waals surface area contributed by atoms with Gasteiger partial charge in [-0.05, 0) is 136 Å². The molecule has 0 aromatic heterocycles. The van der Waals surface area contributed by atoms with Crippen molar-refractivity contribution in [2.45, 2.75) is 20.8 Å². The Morgan fingerprint density at radius 2 is 0.310 bits per heavy atom. The second kappa shape index (κ2) is 20.9. The van der Waals surface area contributed by atoms with E-state index in [9.17, 15) is 0 Å². The van der Waals surface area contributed by atoms with Gasteiger partial charge in [-0.1, -0.05) is 291 Å². The molecule has 0 radical (unpaired) electrons. The summed E-state index contributed by atoms with van der Waals surface area (Å²) < 4.78 is 0. The highest BCUT2D eigenvalue weighted by molar-refractivity contribution is 7.23. The van der Waals surface area contributed by atoms with Crippen LogP contribution in [0.2, 0.25) is 0 Å². The smallest absolute Gasteiger partial charge is 0.184 e. The highest BCUT2D eigenvalue weighted by Gasteiger charge is 2.53. The maximum absolute atomic E-state index is 2.99. The Morgan fingerprint density at radius 1 is 0.172 bits per heavy atom. The molecular formula is C81H63N3Si3. The van der Waals surface area contributed by atoms with Crippen LogP contribution in [-0.4, -0.2) is 24.2 Å². The Labute approximate surface area is 514 Å². The van der Waals surface area contributed by atoms with Gasteiger partial charge < -0.3 is 14.7 Å². The van der Waals surface area contributed by atoms with E-state index in [1.807, 2.05) is 0 Å². The third-order valence-electron chi connectivity index (χ3n) is 19.3. The van der Waals surface area contributed by atoms with Crippen LogP contribution in [0.1, 0.15) is 16.7 Å². The molecule has 0 atom stereocenters. The Kier molecular flexibility index (Phi) is 12.6. The summed E-state index contributed by atoms with van der Waals surface area (Å²) in [7, 11) is -8.98. The summed E-state index contributed by atoms with van der Waals surface area (Å²) in [6.45, 7) is 7.27. The zero-order valence-corrected chi connectivity index (χ0v) is 52.0. The van der Waals surface area contributed by atoms with Crippen molar-refractivity contribution in [1.82, 2.24) is 0 Å². The second-order valence-electron chi connectivity index (χ2n) is 23.5. The van der Waals surface area contributed by atoms with Gasteiger partial charge in [-0.25, -0.2) is 0 Å². The molecule has 87 heavy (non-hydrogen) atoms. The van der Waals surface area contributed by atoms with Gasteiger partial charge in [0.25, 0.3) is 0 Å². The van der Waals surface area contributed by atoms with Crippen LogP contribution in [0.3, 0.4) is 0 Å². The van der Waals surface area contributed by atoms with E-state index in [0.29, 0.717) is 0 Å². The molecule has 0 unspecified atom stereocenters. The van der Waals surface area contributed by atoms with E-state index in [1.165, 1.54) is 130 Å². The number of anilines is 9. The third kappa shape index (κ3) is 7.45. The fourth-order valence-electron chi connectivity index (χ4n) is 16.1. The van der Waals surface area contributed by atoms with Crippen LogP contribution in [0.4, 0.5) is 51.2 Å². The lowest BCUT2D eigenvalue weighted by molar-refractivity contribution is 1.14. The summed E-state index contributed by atoms with van der Waals surface area (Å²) >= 11 is 0. The molecule has 0 fully saturated rings. The normalized spacial score (nSPS) is 14.6. The van der Waals surface area contributed by atoms with Crippen LogP contribution >= 0.6 is 0 Å². The average Bonchev–Trinajstić information content (AvgIpc) is 0.720. The lowest BCUT2D eigenvalue weighted by atomic mass is 9.93. The maximum atomic E-state index is 2.68. The van der Waals surface area contributed by atoms with Crippen LogP contribution in [0, 0.1) is 20.8 Å². The van der Waals surface area contributed by atoms with E-state index in [1.54, 1.807) is 0 Å². The average molecular weight is 1160 g/mol. The molecule has 0 saturated carbocycles. The summed E-state index contributed by atoms with van der Waals surface area (Å²) in [5.74, 6) is 0. The van der Waals surface area contributed by atoms with Crippen molar-refractivity contribution in [3.8, 4) is 0 Å². The van der Waals surface area contributed by atoms with Crippen molar-refractivity contribution in [3.05, 3.63) is 344 Å². The largest absolute Gasteiger partial charge is 0.310 e. The molecule has 13 aromatic rings. The molecule has 6 heteroatoms. The first-order valence-corrected chi connectivity index (χ1v) is 36.4. The second-order valence-corrected chi connectivity index (χ2v) is 34.7. The molecule has 13 aromatic carbocycles. The summed E-state index contributed by atoms with van der Waals surface area (Å²) in [5.41, 5.74) is 14.4. The van der Waals surface area contributed by atoms with Crippen LogP contribution in [0.15, 0.2) is 328 Å². The zero-order valence-electron chi connectivity index (χ0n) is 49.0. The van der Waals surface area contributed by atoms with Crippen LogP contribution in [-0.2, 0) is 0 Å². The molecule has 0 amide bonds. The van der Waals surface area contributed by atoms with Crippen molar-refractivity contribution in [3.63, 3.8) is 0 Å². The molecule has 0 saturated heterocycles. The van der Waals surface area contributed by atoms with Crippen LogP contribution in [0.5, 0.6) is 0 Å². The minimum Gasteiger partial charge on any atom is -0.310 e. The maximum Gasteiger partial charge on any atom is 0.184 e. The first kappa shape index (κ1) is 52.5. The number of fused-ring (bicyclic) bond motifs is 6. The Bertz CT molecular complexity index is 3980. The molecule has 0 N–H and O–H groups in total. The van der Waals surface area contributed by atoms with E-state index >= 15 is 0 Å². The van der Waals surface area contributed by atoms with Crippen molar-refractivity contribution < 1.29 is 0 Å². The van der Waals surface area contributed by atoms with Crippen molar-refractivity contribution in [2.24, 2.45) is 0 Å². The van der Waals surface area contributed by atoms with Gasteiger partial charge in [0, 0.05) is 34.1 Å². The first-order chi connectivity index (χ1) is 43.0. The summed E-state index contributed by atoms with van der Waals surface area (Å²) in [6.07, 6.45) is 0. The number of hydrogen-bond acceptors (Lipinski definition) is 3. The van der Waals surface area contributed by atoms with E-state index in [0.717, 1.165) is 0 Å². The number of para-hydroxylation sites is 6. The minimum atomic E-state index is -2.99. The van der Waals surface area contributed by atoms with Crippen molar-refractivity contribution >= 4 is 138 Å². The monoisotopic (exact) mass is 1160 g/mol. The SMILES string of the molecule is Cc1c(N2c3ccccc3[Si](c3ccccc3)(c3ccccc3)c3ccccc32)c(C)c(N2c3ccccc3[Si](c3ccccc3)(c3ccccc3)c3ccccc32)c(C)c1N1c2ccccc2[Si](c2ccccc2)(c2ccccc2)c2ccccc21. The Morgan fingerprint density at radius 3 is 0.471 bits per heavy atom. The van der Waals surface area contributed by atoms with E-state index in [2.05, 4.69) is 363 Å². The molecule has 0 aliphatic carbocycles. The molecule has 0 spiro atoms. The highest BCUT2D eigenvalue weighted by Crippen LogP contribution is 2.55. The van der Waals surface area contributed by atoms with Gasteiger partial charge in [-0.15, -0.1) is 0 Å². The molecule has 3 aliphatic rings. The van der Waals surface area contributed by atoms with Gasteiger partial charge in [-0.2, -0.15) is 0 Å². The van der Waals surface area contributed by atoms with Gasteiger partial charge in [-0.3, -0.25) is 0 Å². The van der Waals surface area contributed by atoms with E-state index < -0.39 is 24.2 Å². The predicted molar refractivity (Wildman–Crippen MR) is 376 cm³/mol. The molecule has 3 aliphatic heterocycles. The number of rotatable bonds is 9. The molecule has 0 bridgehead atoms. The van der Waals surface area contributed by atoms with Gasteiger partial charge >= 0.3 is 0 Å². The van der Waals surface area contributed by atoms with E-state index in [-0.39, 0.29) is 0 Å². The summed E-state index contributed by atoms with van der Waals surface area (Å²) in [6, 6.07) is 125. The lowest BCUT2D eigenvalue weighted by Gasteiger charge is -2.49. The molecule has 3 heterocycles. The Hall–Kier alpha value is -10.1. The van der Waals surface area contributed by atoms with Crippen molar-refractivity contribution in [2.75, 3.05) is 14.7 Å². The summed E-state index contributed by atoms with van der Waals surface area (Å²) in [4.78, 5) is 8.05.